The molecule has 2 aliphatic rings. The molecule has 1 saturated heterocycles. The van der Waals surface area contributed by atoms with E-state index in [2.05, 4.69) is 9.88 Å². The van der Waals surface area contributed by atoms with Gasteiger partial charge in [0.1, 0.15) is 5.82 Å². The van der Waals surface area contributed by atoms with Crippen LogP contribution in [-0.4, -0.2) is 17.6 Å². The molecule has 2 fully saturated rings. The standard InChI is InChI=1S/C15H20Cl2N2/c16-9-11-8-13(17)15(18-10-11)19-7-3-6-14(19)12-4-1-2-5-12/h8,10,12,14H,1-7,9H2. The molecule has 2 nitrogen and oxygen atoms in total. The molecular formula is C15H20Cl2N2. The van der Waals surface area contributed by atoms with E-state index >= 15 is 0 Å². The van der Waals surface area contributed by atoms with Gasteiger partial charge in [-0.1, -0.05) is 24.4 Å². The molecule has 4 heteroatoms. The molecular weight excluding hydrogens is 279 g/mol. The van der Waals surface area contributed by atoms with Gasteiger partial charge in [0.15, 0.2) is 0 Å². The van der Waals surface area contributed by atoms with E-state index in [4.69, 9.17) is 23.2 Å². The summed E-state index contributed by atoms with van der Waals surface area (Å²) < 4.78 is 0. The van der Waals surface area contributed by atoms with Crippen molar-refractivity contribution in [2.24, 2.45) is 5.92 Å². The lowest BCUT2D eigenvalue weighted by atomic mass is 9.96. The third-order valence-electron chi connectivity index (χ3n) is 4.55. The molecule has 0 spiro atoms. The SMILES string of the molecule is ClCc1cnc(N2CCCC2C2CCCC2)c(Cl)c1. The number of aromatic nitrogens is 1. The predicted molar refractivity (Wildman–Crippen MR) is 81.1 cm³/mol. The highest BCUT2D eigenvalue weighted by Crippen LogP contribution is 2.39. The summed E-state index contributed by atoms with van der Waals surface area (Å²) in [5, 5.41) is 0.753. The first kappa shape index (κ1) is 13.5. The van der Waals surface area contributed by atoms with E-state index < -0.39 is 0 Å². The van der Waals surface area contributed by atoms with E-state index in [9.17, 15) is 0 Å². The first-order valence-corrected chi connectivity index (χ1v) is 8.18. The minimum absolute atomic E-state index is 0.471. The van der Waals surface area contributed by atoms with Crippen LogP contribution in [0.15, 0.2) is 12.3 Å². The summed E-state index contributed by atoms with van der Waals surface area (Å²) in [5.74, 6) is 2.27. The van der Waals surface area contributed by atoms with Gasteiger partial charge in [-0.15, -0.1) is 11.6 Å². The van der Waals surface area contributed by atoms with Crippen molar-refractivity contribution in [3.8, 4) is 0 Å². The molecule has 1 saturated carbocycles. The zero-order valence-corrected chi connectivity index (χ0v) is 12.6. The summed E-state index contributed by atoms with van der Waals surface area (Å²) in [6, 6.07) is 2.61. The van der Waals surface area contributed by atoms with Crippen molar-refractivity contribution in [1.82, 2.24) is 4.98 Å². The van der Waals surface area contributed by atoms with Gasteiger partial charge in [-0.25, -0.2) is 4.98 Å². The van der Waals surface area contributed by atoms with Crippen LogP contribution in [0, 0.1) is 5.92 Å². The molecule has 3 rings (SSSR count). The first-order valence-electron chi connectivity index (χ1n) is 7.26. The highest BCUT2D eigenvalue weighted by molar-refractivity contribution is 6.33. The molecule has 1 aromatic rings. The highest BCUT2D eigenvalue weighted by Gasteiger charge is 2.34. The van der Waals surface area contributed by atoms with Crippen LogP contribution in [0.4, 0.5) is 5.82 Å². The molecule has 19 heavy (non-hydrogen) atoms. The van der Waals surface area contributed by atoms with Crippen molar-refractivity contribution in [2.45, 2.75) is 50.4 Å². The second kappa shape index (κ2) is 5.88. The molecule has 2 heterocycles. The van der Waals surface area contributed by atoms with Crippen molar-refractivity contribution in [3.05, 3.63) is 22.8 Å². The van der Waals surface area contributed by atoms with Gasteiger partial charge in [0.25, 0.3) is 0 Å². The minimum atomic E-state index is 0.471. The summed E-state index contributed by atoms with van der Waals surface area (Å²) in [7, 11) is 0. The van der Waals surface area contributed by atoms with Crippen LogP contribution in [0.5, 0.6) is 0 Å². The van der Waals surface area contributed by atoms with E-state index in [1.165, 1.54) is 38.5 Å². The zero-order valence-electron chi connectivity index (χ0n) is 11.1. The number of alkyl halides is 1. The second-order valence-corrected chi connectivity index (χ2v) is 6.40. The number of rotatable bonds is 3. The van der Waals surface area contributed by atoms with Gasteiger partial charge >= 0.3 is 0 Å². The van der Waals surface area contributed by atoms with Crippen molar-refractivity contribution in [2.75, 3.05) is 11.4 Å². The molecule has 1 aliphatic carbocycles. The van der Waals surface area contributed by atoms with Gasteiger partial charge in [-0.05, 0) is 43.2 Å². The van der Waals surface area contributed by atoms with Gasteiger partial charge < -0.3 is 4.90 Å². The summed E-state index contributed by atoms with van der Waals surface area (Å²) >= 11 is 12.2. The van der Waals surface area contributed by atoms with Crippen LogP contribution >= 0.6 is 23.2 Å². The van der Waals surface area contributed by atoms with Crippen LogP contribution in [0.25, 0.3) is 0 Å². The fourth-order valence-electron chi connectivity index (χ4n) is 3.64. The number of hydrogen-bond donors (Lipinski definition) is 0. The van der Waals surface area contributed by atoms with Gasteiger partial charge in [-0.3, -0.25) is 0 Å². The van der Waals surface area contributed by atoms with E-state index in [0.29, 0.717) is 11.9 Å². The second-order valence-electron chi connectivity index (χ2n) is 5.73. The monoisotopic (exact) mass is 298 g/mol. The molecule has 0 N–H and O–H groups in total. The normalized spacial score (nSPS) is 24.3. The summed E-state index contributed by atoms with van der Waals surface area (Å²) in [5.41, 5.74) is 0.993. The Morgan fingerprint density at radius 1 is 1.21 bits per heavy atom. The van der Waals surface area contributed by atoms with Crippen molar-refractivity contribution < 1.29 is 0 Å². The Labute approximate surface area is 125 Å². The summed E-state index contributed by atoms with van der Waals surface area (Å²) in [4.78, 5) is 7.00. The van der Waals surface area contributed by atoms with Crippen LogP contribution in [0.3, 0.4) is 0 Å². The van der Waals surface area contributed by atoms with Crippen molar-refractivity contribution >= 4 is 29.0 Å². The van der Waals surface area contributed by atoms with Crippen LogP contribution in [0.1, 0.15) is 44.1 Å². The predicted octanol–water partition coefficient (Wildman–Crippen LogP) is 4.63. The average molecular weight is 299 g/mol. The Bertz CT molecular complexity index is 444. The lowest BCUT2D eigenvalue weighted by molar-refractivity contribution is 0.429. The lowest BCUT2D eigenvalue weighted by Crippen LogP contribution is -2.35. The maximum absolute atomic E-state index is 6.40. The maximum atomic E-state index is 6.40. The zero-order chi connectivity index (χ0) is 13.2. The Hall–Kier alpha value is -0.470. The molecule has 104 valence electrons. The van der Waals surface area contributed by atoms with Gasteiger partial charge in [-0.2, -0.15) is 0 Å². The molecule has 1 unspecified atom stereocenters. The topological polar surface area (TPSA) is 16.1 Å². The van der Waals surface area contributed by atoms with Gasteiger partial charge in [0, 0.05) is 24.7 Å². The van der Waals surface area contributed by atoms with Gasteiger partial charge in [0.2, 0.25) is 0 Å². The molecule has 0 radical (unpaired) electrons. The first-order chi connectivity index (χ1) is 9.29. The fraction of sp³-hybridized carbons (Fsp3) is 0.667. The lowest BCUT2D eigenvalue weighted by Gasteiger charge is -2.31. The van der Waals surface area contributed by atoms with Gasteiger partial charge in [0.05, 0.1) is 5.02 Å². The highest BCUT2D eigenvalue weighted by atomic mass is 35.5. The Balaban J connectivity index is 1.83. The maximum Gasteiger partial charge on any atom is 0.147 e. The molecule has 1 atom stereocenters. The largest absolute Gasteiger partial charge is 0.352 e. The minimum Gasteiger partial charge on any atom is -0.352 e. The quantitative estimate of drug-likeness (QED) is 0.756. The third-order valence-corrected chi connectivity index (χ3v) is 5.13. The van der Waals surface area contributed by atoms with Crippen molar-refractivity contribution in [1.29, 1.82) is 0 Å². The fourth-order valence-corrected chi connectivity index (χ4v) is 4.09. The summed E-state index contributed by atoms with van der Waals surface area (Å²) in [6.07, 6.45) is 9.94. The smallest absolute Gasteiger partial charge is 0.147 e. The molecule has 1 aliphatic heterocycles. The molecule has 0 aromatic carbocycles. The van der Waals surface area contributed by atoms with Crippen LogP contribution in [0.2, 0.25) is 5.02 Å². The Morgan fingerprint density at radius 3 is 2.68 bits per heavy atom. The Kier molecular flexibility index (Phi) is 4.18. The van der Waals surface area contributed by atoms with E-state index in [1.807, 2.05) is 12.3 Å². The molecule has 0 bridgehead atoms. The number of halogens is 2. The number of hydrogen-bond acceptors (Lipinski definition) is 2. The number of pyridine rings is 1. The summed E-state index contributed by atoms with van der Waals surface area (Å²) in [6.45, 7) is 1.09. The van der Waals surface area contributed by atoms with Crippen LogP contribution in [-0.2, 0) is 5.88 Å². The van der Waals surface area contributed by atoms with E-state index in [1.54, 1.807) is 0 Å². The van der Waals surface area contributed by atoms with Crippen LogP contribution < -0.4 is 4.90 Å². The Morgan fingerprint density at radius 2 is 2.00 bits per heavy atom. The number of nitrogens with zero attached hydrogens (tertiary/aromatic N) is 2. The molecule has 1 aromatic heterocycles. The number of anilines is 1. The third kappa shape index (κ3) is 2.71. The average Bonchev–Trinajstić information content (AvgIpc) is 3.08. The van der Waals surface area contributed by atoms with Crippen molar-refractivity contribution in [3.63, 3.8) is 0 Å². The van der Waals surface area contributed by atoms with E-state index in [-0.39, 0.29) is 0 Å². The molecule has 0 amide bonds. The van der Waals surface area contributed by atoms with E-state index in [0.717, 1.165) is 28.9 Å².